The highest BCUT2D eigenvalue weighted by Crippen LogP contribution is 2.29. The minimum atomic E-state index is -4.46. The number of anilines is 1. The fourth-order valence-electron chi connectivity index (χ4n) is 2.78. The summed E-state index contributed by atoms with van der Waals surface area (Å²) in [6.45, 7) is 3.19. The van der Waals surface area contributed by atoms with Gasteiger partial charge in [0.1, 0.15) is 0 Å². The number of nitrogens with one attached hydrogen (secondary N) is 1. The van der Waals surface area contributed by atoms with E-state index in [1.165, 1.54) is 25.1 Å². The minimum Gasteiger partial charge on any atom is -0.284 e. The molecular formula is C20H18F3N3O3S. The number of alkyl halides is 3. The van der Waals surface area contributed by atoms with Gasteiger partial charge < -0.3 is 0 Å². The summed E-state index contributed by atoms with van der Waals surface area (Å²) in [7, 11) is -3.40. The van der Waals surface area contributed by atoms with Crippen LogP contribution >= 0.6 is 0 Å². The van der Waals surface area contributed by atoms with Crippen molar-refractivity contribution in [1.82, 2.24) is 9.78 Å². The number of rotatable bonds is 5. The number of benzene rings is 2. The summed E-state index contributed by atoms with van der Waals surface area (Å²) in [4.78, 5) is 12.5. The van der Waals surface area contributed by atoms with Crippen molar-refractivity contribution in [3.8, 4) is 16.8 Å². The molecule has 30 heavy (non-hydrogen) atoms. The SMILES string of the molecule is CCS(=O)(=O)Nc1ccc(-c2cc(=O)n(-c3ccc(C(F)(F)F)cc3)nc2C)cc1. The molecular weight excluding hydrogens is 419 g/mol. The monoisotopic (exact) mass is 437 g/mol. The molecule has 0 aliphatic heterocycles. The molecule has 0 spiro atoms. The third kappa shape index (κ3) is 4.70. The molecule has 3 rings (SSSR count). The molecule has 1 N–H and O–H groups in total. The Balaban J connectivity index is 1.92. The molecule has 2 aromatic carbocycles. The lowest BCUT2D eigenvalue weighted by atomic mass is 10.1. The maximum absolute atomic E-state index is 12.7. The van der Waals surface area contributed by atoms with Crippen molar-refractivity contribution in [3.05, 3.63) is 76.2 Å². The largest absolute Gasteiger partial charge is 0.416 e. The van der Waals surface area contributed by atoms with Gasteiger partial charge in [-0.3, -0.25) is 9.52 Å². The first-order chi connectivity index (χ1) is 14.0. The summed E-state index contributed by atoms with van der Waals surface area (Å²) in [5, 5.41) is 4.22. The first-order valence-electron chi connectivity index (χ1n) is 8.90. The minimum absolute atomic E-state index is 0.0556. The number of nitrogens with zero attached hydrogens (tertiary/aromatic N) is 2. The zero-order chi connectivity index (χ0) is 22.1. The Hall–Kier alpha value is -3.14. The highest BCUT2D eigenvalue weighted by Gasteiger charge is 2.30. The van der Waals surface area contributed by atoms with Crippen molar-refractivity contribution in [2.24, 2.45) is 0 Å². The number of hydrogen-bond donors (Lipinski definition) is 1. The molecule has 3 aromatic rings. The first kappa shape index (κ1) is 21.6. The molecule has 158 valence electrons. The molecule has 0 bridgehead atoms. The van der Waals surface area contributed by atoms with Crippen LogP contribution in [0.25, 0.3) is 16.8 Å². The van der Waals surface area contributed by atoms with Gasteiger partial charge in [-0.1, -0.05) is 12.1 Å². The Morgan fingerprint density at radius 2 is 1.63 bits per heavy atom. The van der Waals surface area contributed by atoms with E-state index < -0.39 is 27.3 Å². The average molecular weight is 437 g/mol. The quantitative estimate of drug-likeness (QED) is 0.655. The van der Waals surface area contributed by atoms with Crippen molar-refractivity contribution < 1.29 is 21.6 Å². The van der Waals surface area contributed by atoms with Crippen LogP contribution in [0.4, 0.5) is 18.9 Å². The van der Waals surface area contributed by atoms with Gasteiger partial charge in [0.15, 0.2) is 0 Å². The summed E-state index contributed by atoms with van der Waals surface area (Å²) in [6, 6.07) is 11.9. The Labute approximate surface area is 171 Å². The third-order valence-electron chi connectivity index (χ3n) is 4.40. The van der Waals surface area contributed by atoms with E-state index in [0.29, 0.717) is 22.5 Å². The van der Waals surface area contributed by atoms with Crippen LogP contribution in [0.15, 0.2) is 59.4 Å². The van der Waals surface area contributed by atoms with E-state index in [4.69, 9.17) is 0 Å². The van der Waals surface area contributed by atoms with Crippen molar-refractivity contribution in [3.63, 3.8) is 0 Å². The van der Waals surface area contributed by atoms with Crippen molar-refractivity contribution in [2.75, 3.05) is 10.5 Å². The zero-order valence-corrected chi connectivity index (χ0v) is 16.9. The molecule has 1 heterocycles. The van der Waals surface area contributed by atoms with Crippen molar-refractivity contribution in [2.45, 2.75) is 20.0 Å². The van der Waals surface area contributed by atoms with Crippen LogP contribution in [0, 0.1) is 6.92 Å². The summed E-state index contributed by atoms with van der Waals surface area (Å²) < 4.78 is 64.9. The van der Waals surface area contributed by atoms with E-state index in [1.54, 1.807) is 31.2 Å². The highest BCUT2D eigenvalue weighted by molar-refractivity contribution is 7.92. The van der Waals surface area contributed by atoms with Gasteiger partial charge in [-0.25, -0.2) is 8.42 Å². The van der Waals surface area contributed by atoms with E-state index in [0.717, 1.165) is 16.8 Å². The van der Waals surface area contributed by atoms with Gasteiger partial charge in [0.25, 0.3) is 5.56 Å². The molecule has 1 aromatic heterocycles. The van der Waals surface area contributed by atoms with E-state index >= 15 is 0 Å². The van der Waals surface area contributed by atoms with Crippen LogP contribution in [0.5, 0.6) is 0 Å². The molecule has 10 heteroatoms. The van der Waals surface area contributed by atoms with E-state index in [1.807, 2.05) is 0 Å². The van der Waals surface area contributed by atoms with Crippen LogP contribution in [-0.2, 0) is 16.2 Å². The van der Waals surface area contributed by atoms with Gasteiger partial charge in [-0.2, -0.15) is 23.0 Å². The van der Waals surface area contributed by atoms with Gasteiger partial charge in [0, 0.05) is 17.3 Å². The molecule has 0 unspecified atom stereocenters. The maximum atomic E-state index is 12.7. The zero-order valence-electron chi connectivity index (χ0n) is 16.1. The molecule has 6 nitrogen and oxygen atoms in total. The lowest BCUT2D eigenvalue weighted by molar-refractivity contribution is -0.137. The van der Waals surface area contributed by atoms with Gasteiger partial charge in [0.05, 0.1) is 22.7 Å². The predicted molar refractivity (Wildman–Crippen MR) is 108 cm³/mol. The molecule has 0 fully saturated rings. The molecule has 0 amide bonds. The van der Waals surface area contributed by atoms with E-state index in [9.17, 15) is 26.4 Å². The fourth-order valence-corrected chi connectivity index (χ4v) is 3.42. The summed E-state index contributed by atoms with van der Waals surface area (Å²) >= 11 is 0. The van der Waals surface area contributed by atoms with Crippen LogP contribution in [0.1, 0.15) is 18.2 Å². The van der Waals surface area contributed by atoms with Crippen LogP contribution in [0.3, 0.4) is 0 Å². The Bertz CT molecular complexity index is 1220. The van der Waals surface area contributed by atoms with E-state index in [2.05, 4.69) is 9.82 Å². The Morgan fingerprint density at radius 3 is 2.17 bits per heavy atom. The molecule has 0 aliphatic carbocycles. The predicted octanol–water partition coefficient (Wildman–Crippen LogP) is 3.99. The first-order valence-corrected chi connectivity index (χ1v) is 10.5. The highest BCUT2D eigenvalue weighted by atomic mass is 32.2. The second kappa shape index (κ2) is 7.94. The van der Waals surface area contributed by atoms with Crippen molar-refractivity contribution >= 4 is 15.7 Å². The lowest BCUT2D eigenvalue weighted by Crippen LogP contribution is -2.22. The third-order valence-corrected chi connectivity index (χ3v) is 5.71. The van der Waals surface area contributed by atoms with Gasteiger partial charge >= 0.3 is 6.18 Å². The summed E-state index contributed by atoms with van der Waals surface area (Å²) in [6.07, 6.45) is -4.46. The number of halogens is 3. The molecule has 0 aliphatic rings. The molecule has 0 saturated carbocycles. The topological polar surface area (TPSA) is 81.1 Å². The smallest absolute Gasteiger partial charge is 0.284 e. The molecule has 0 radical (unpaired) electrons. The molecule has 0 atom stereocenters. The van der Waals surface area contributed by atoms with Crippen LogP contribution < -0.4 is 10.3 Å². The number of aryl methyl sites for hydroxylation is 1. The average Bonchev–Trinajstić information content (AvgIpc) is 2.69. The van der Waals surface area contributed by atoms with Crippen molar-refractivity contribution in [1.29, 1.82) is 0 Å². The standard InChI is InChI=1S/C20H18F3N3O3S/c1-3-30(28,29)25-16-8-4-14(5-9-16)18-12-19(27)26(24-13(18)2)17-10-6-15(7-11-17)20(21,22)23/h4-12,25H,3H2,1-2H3. The normalized spacial score (nSPS) is 12.0. The second-order valence-corrected chi connectivity index (χ2v) is 8.53. The summed E-state index contributed by atoms with van der Waals surface area (Å²) in [5.74, 6) is -0.0556. The number of aromatic nitrogens is 2. The van der Waals surface area contributed by atoms with Gasteiger partial charge in [0.2, 0.25) is 10.0 Å². The maximum Gasteiger partial charge on any atom is 0.416 e. The number of hydrogen-bond acceptors (Lipinski definition) is 4. The van der Waals surface area contributed by atoms with Gasteiger partial charge in [-0.05, 0) is 55.8 Å². The number of sulfonamides is 1. The van der Waals surface area contributed by atoms with E-state index in [-0.39, 0.29) is 11.4 Å². The Morgan fingerprint density at radius 1 is 1.03 bits per heavy atom. The summed E-state index contributed by atoms with van der Waals surface area (Å²) in [5.41, 5.74) is 0.953. The fraction of sp³-hybridized carbons (Fsp3) is 0.200. The van der Waals surface area contributed by atoms with Crippen LogP contribution in [0.2, 0.25) is 0 Å². The van der Waals surface area contributed by atoms with Gasteiger partial charge in [-0.15, -0.1) is 0 Å². The Kier molecular flexibility index (Phi) is 5.71. The van der Waals surface area contributed by atoms with Crippen LogP contribution in [-0.4, -0.2) is 24.0 Å². The second-order valence-electron chi connectivity index (χ2n) is 6.52. The lowest BCUT2D eigenvalue weighted by Gasteiger charge is -2.12. The molecule has 0 saturated heterocycles.